The molecule has 1 N–H and O–H groups in total. The average molecular weight is 398 g/mol. The van der Waals surface area contributed by atoms with Crippen molar-refractivity contribution in [1.82, 2.24) is 9.97 Å². The van der Waals surface area contributed by atoms with E-state index in [1.165, 1.54) is 0 Å². The molecule has 3 heterocycles. The molecule has 0 amide bonds. The predicted molar refractivity (Wildman–Crippen MR) is 96.0 cm³/mol. The minimum Gasteiger partial charge on any atom is -0.460 e. The van der Waals surface area contributed by atoms with Gasteiger partial charge in [-0.25, -0.2) is 9.78 Å². The van der Waals surface area contributed by atoms with E-state index in [1.54, 1.807) is 39.0 Å². The van der Waals surface area contributed by atoms with Gasteiger partial charge in [0.25, 0.3) is 0 Å². The monoisotopic (exact) mass is 398 g/mol. The van der Waals surface area contributed by atoms with Crippen molar-refractivity contribution in [3.63, 3.8) is 0 Å². The van der Waals surface area contributed by atoms with Gasteiger partial charge in [-0.2, -0.15) is 0 Å². The maximum atomic E-state index is 13.2. The van der Waals surface area contributed by atoms with E-state index in [4.69, 9.17) is 13.8 Å². The first-order chi connectivity index (χ1) is 12.4. The molecule has 26 heavy (non-hydrogen) atoms. The zero-order chi connectivity index (χ0) is 18.7. The van der Waals surface area contributed by atoms with Crippen LogP contribution in [0.3, 0.4) is 0 Å². The third-order valence-electron chi connectivity index (χ3n) is 4.84. The van der Waals surface area contributed by atoms with Crippen LogP contribution < -0.4 is 0 Å². The minimum atomic E-state index is -3.10. The summed E-state index contributed by atoms with van der Waals surface area (Å²) in [5.74, 6) is -0.516. The van der Waals surface area contributed by atoms with Crippen LogP contribution in [0.25, 0.3) is 11.0 Å². The molecule has 0 radical (unpaired) electrons. The summed E-state index contributed by atoms with van der Waals surface area (Å²) in [5.41, 5.74) is 1.60. The Morgan fingerprint density at radius 3 is 2.38 bits per heavy atom. The number of rotatable bonds is 7. The number of para-hydroxylation sites is 1. The summed E-state index contributed by atoms with van der Waals surface area (Å²) in [7, 11) is -6.21. The highest BCUT2D eigenvalue weighted by molar-refractivity contribution is 8.07. The number of aromatic amines is 1. The summed E-state index contributed by atoms with van der Waals surface area (Å²) in [5, 5.41) is -0.601. The lowest BCUT2D eigenvalue weighted by molar-refractivity contribution is 0.0513. The Hall–Kier alpha value is -1.46. The highest BCUT2D eigenvalue weighted by Crippen LogP contribution is 3.21. The second-order valence-corrected chi connectivity index (χ2v) is 12.2. The maximum absolute atomic E-state index is 13.2. The molecule has 2 aliphatic rings. The topological polar surface area (TPSA) is 108 Å². The van der Waals surface area contributed by atoms with E-state index in [0.29, 0.717) is 16.6 Å². The SMILES string of the molecule is CCOC(=O)c1nc2c(C34C(P3(=O)OCC)P4(=O)OCC)cccc2[nH]1. The second kappa shape index (κ2) is 5.77. The Balaban J connectivity index is 1.85. The molecule has 0 aliphatic carbocycles. The fourth-order valence-electron chi connectivity index (χ4n) is 3.85. The van der Waals surface area contributed by atoms with Crippen molar-refractivity contribution in [2.75, 3.05) is 19.8 Å². The van der Waals surface area contributed by atoms with Gasteiger partial charge in [-0.15, -0.1) is 0 Å². The summed E-state index contributed by atoms with van der Waals surface area (Å²) in [6.07, 6.45) is 0. The molecule has 1 aromatic heterocycles. The molecule has 8 nitrogen and oxygen atoms in total. The van der Waals surface area contributed by atoms with E-state index in [0.717, 1.165) is 0 Å². The number of carbonyl (C=O) groups excluding carboxylic acids is 1. The lowest BCUT2D eigenvalue weighted by Gasteiger charge is -2.19. The van der Waals surface area contributed by atoms with Gasteiger partial charge in [0.05, 0.1) is 30.9 Å². The predicted octanol–water partition coefficient (Wildman–Crippen LogP) is 3.87. The van der Waals surface area contributed by atoms with Crippen LogP contribution in [-0.4, -0.2) is 41.2 Å². The number of ether oxygens (including phenoxy) is 1. The van der Waals surface area contributed by atoms with Gasteiger partial charge < -0.3 is 18.8 Å². The van der Waals surface area contributed by atoms with Crippen LogP contribution in [0.4, 0.5) is 0 Å². The van der Waals surface area contributed by atoms with E-state index in [-0.39, 0.29) is 25.6 Å². The highest BCUT2D eigenvalue weighted by atomic mass is 31.3. The summed E-state index contributed by atoms with van der Waals surface area (Å²) in [6.45, 7) is 5.99. The van der Waals surface area contributed by atoms with E-state index in [9.17, 15) is 13.9 Å². The molecule has 0 bridgehead atoms. The summed E-state index contributed by atoms with van der Waals surface area (Å²) in [6, 6.07) is 5.24. The van der Waals surface area contributed by atoms with Crippen molar-refractivity contribution in [3.8, 4) is 0 Å². The lowest BCUT2D eigenvalue weighted by Crippen LogP contribution is -2.06. The number of imidazole rings is 1. The van der Waals surface area contributed by atoms with Crippen molar-refractivity contribution >= 4 is 31.7 Å². The quantitative estimate of drug-likeness (QED) is 0.557. The third kappa shape index (κ3) is 1.93. The van der Waals surface area contributed by atoms with Crippen LogP contribution >= 0.6 is 14.7 Å². The Labute approximate surface area is 150 Å². The summed E-state index contributed by atoms with van der Waals surface area (Å²) >= 11 is 0. The van der Waals surface area contributed by atoms with Gasteiger partial charge in [0.1, 0.15) is 5.40 Å². The van der Waals surface area contributed by atoms with Crippen LogP contribution in [0.5, 0.6) is 0 Å². The summed E-state index contributed by atoms with van der Waals surface area (Å²) in [4.78, 5) is 18.1. The largest absolute Gasteiger partial charge is 0.460 e. The molecule has 0 spiro atoms. The van der Waals surface area contributed by atoms with Crippen LogP contribution in [0.15, 0.2) is 18.2 Å². The molecule has 2 fully saturated rings. The van der Waals surface area contributed by atoms with E-state index >= 15 is 0 Å². The number of hydrogen-bond acceptors (Lipinski definition) is 7. The first-order valence-corrected chi connectivity index (χ1v) is 12.0. The number of carbonyl (C=O) groups is 1. The van der Waals surface area contributed by atoms with Crippen LogP contribution in [0, 0.1) is 0 Å². The number of nitrogens with zero attached hydrogens (tertiary/aromatic N) is 1. The fraction of sp³-hybridized carbons (Fsp3) is 0.500. The molecule has 1 aromatic carbocycles. The van der Waals surface area contributed by atoms with Gasteiger partial charge in [0, 0.05) is 5.56 Å². The second-order valence-electron chi connectivity index (χ2n) is 6.14. The molecule has 2 atom stereocenters. The van der Waals surface area contributed by atoms with Crippen LogP contribution in [-0.2, 0) is 27.8 Å². The Morgan fingerprint density at radius 1 is 1.15 bits per heavy atom. The van der Waals surface area contributed by atoms with E-state index < -0.39 is 31.0 Å². The standard InChI is InChI=1S/C16H20N2O6P2/c1-4-22-14(19)13-17-11-9-7-8-10(12(11)18-13)16-15(25(16,20)23-5-2)26(16,21)24-6-3/h7-9,15H,4-6H2,1-3H3,(H,17,18). The van der Waals surface area contributed by atoms with Crippen molar-refractivity contribution in [1.29, 1.82) is 0 Å². The third-order valence-corrected chi connectivity index (χ3v) is 14.4. The number of aromatic nitrogens is 2. The van der Waals surface area contributed by atoms with E-state index in [1.807, 2.05) is 0 Å². The van der Waals surface area contributed by atoms with Crippen molar-refractivity contribution in [2.24, 2.45) is 0 Å². The molecular formula is C16H20N2O6P2. The molecule has 2 aliphatic heterocycles. The van der Waals surface area contributed by atoms with Gasteiger partial charge >= 0.3 is 5.97 Å². The van der Waals surface area contributed by atoms with Crippen LogP contribution in [0.2, 0.25) is 0 Å². The number of H-pyrrole nitrogens is 1. The van der Waals surface area contributed by atoms with Crippen LogP contribution in [0.1, 0.15) is 37.0 Å². The molecule has 2 unspecified atom stereocenters. The number of nitrogens with one attached hydrogen (secondary N) is 1. The van der Waals surface area contributed by atoms with Gasteiger partial charge in [0.2, 0.25) is 20.6 Å². The molecule has 2 saturated heterocycles. The fourth-order valence-corrected chi connectivity index (χ4v) is 14.5. The molecule has 4 rings (SSSR count). The normalized spacial score (nSPS) is 34.5. The lowest BCUT2D eigenvalue weighted by atomic mass is 10.1. The molecule has 10 heteroatoms. The van der Waals surface area contributed by atoms with Gasteiger partial charge in [0.15, 0.2) is 4.90 Å². The Kier molecular flexibility index (Phi) is 3.98. The van der Waals surface area contributed by atoms with Crippen molar-refractivity contribution in [2.45, 2.75) is 31.1 Å². The molecule has 140 valence electrons. The zero-order valence-corrected chi connectivity index (χ0v) is 16.5. The number of benzene rings is 1. The molecule has 0 saturated carbocycles. The zero-order valence-electron chi connectivity index (χ0n) is 14.7. The first-order valence-electron chi connectivity index (χ1n) is 8.57. The maximum Gasteiger partial charge on any atom is 0.374 e. The first kappa shape index (κ1) is 17.9. The highest BCUT2D eigenvalue weighted by Gasteiger charge is 3.07. The number of hydrogen-bond donors (Lipinski definition) is 1. The smallest absolute Gasteiger partial charge is 0.374 e. The summed E-state index contributed by atoms with van der Waals surface area (Å²) < 4.78 is 42.4. The van der Waals surface area contributed by atoms with E-state index in [2.05, 4.69) is 9.97 Å². The Bertz CT molecular complexity index is 972. The average Bonchev–Trinajstić information content (AvgIpc) is 3.27. The van der Waals surface area contributed by atoms with Gasteiger partial charge in [-0.05, 0) is 26.8 Å². The van der Waals surface area contributed by atoms with Gasteiger partial charge in [-0.3, -0.25) is 9.13 Å². The minimum absolute atomic E-state index is 0.0565. The number of esters is 1. The number of fused-ring (bicyclic) bond motifs is 2. The Morgan fingerprint density at radius 2 is 1.81 bits per heavy atom. The van der Waals surface area contributed by atoms with Crippen molar-refractivity contribution < 1.29 is 27.7 Å². The van der Waals surface area contributed by atoms with Crippen molar-refractivity contribution in [3.05, 3.63) is 29.6 Å². The molecular weight excluding hydrogens is 378 g/mol. The molecule has 2 aromatic rings. The van der Waals surface area contributed by atoms with Gasteiger partial charge in [-0.1, -0.05) is 12.1 Å².